The first-order chi connectivity index (χ1) is 29.9. The van der Waals surface area contributed by atoms with Crippen LogP contribution in [0.5, 0.6) is 0 Å². The monoisotopic (exact) mass is 816 g/mol. The van der Waals surface area contributed by atoms with Crippen LogP contribution in [0.1, 0.15) is 40.0 Å². The minimum absolute atomic E-state index is 0.0918. The van der Waals surface area contributed by atoms with Crippen LogP contribution in [0.25, 0.3) is 88.9 Å². The van der Waals surface area contributed by atoms with Crippen LogP contribution in [0, 0.1) is 50.4 Å². The first-order valence-electron chi connectivity index (χ1n) is 19.6. The number of aryl methyl sites for hydroxylation is 4. The molecular weight excluding hydrogens is 786 g/mol. The number of nitrogens with zero attached hydrogens (tertiary/aromatic N) is 10. The molecule has 4 heterocycles. The van der Waals surface area contributed by atoms with Gasteiger partial charge in [0, 0.05) is 43.8 Å². The smallest absolute Gasteiger partial charge is 0.309 e. The second-order valence-corrected chi connectivity index (χ2v) is 15.0. The lowest BCUT2D eigenvalue weighted by molar-refractivity contribution is -0.137. The molecule has 62 heavy (non-hydrogen) atoms. The third-order valence-electron chi connectivity index (χ3n) is 11.1. The SMILES string of the molecule is Cc1nc(C)nc(-c2ccc3c4ccccc4n(-c4cc(-c5c(C#N)cccc5C(F)(F)F)c(-n5c6ccccc6c6ccc(-c7nc(C)nc(C)n7)cc65)cc4C#N)c3c2)n1. The molecule has 0 spiro atoms. The lowest BCUT2D eigenvalue weighted by Gasteiger charge is -2.22. The Labute approximate surface area is 351 Å². The van der Waals surface area contributed by atoms with E-state index in [0.29, 0.717) is 73.8 Å². The van der Waals surface area contributed by atoms with Gasteiger partial charge in [-0.25, -0.2) is 29.9 Å². The Morgan fingerprint density at radius 1 is 0.468 bits per heavy atom. The number of alkyl halides is 3. The van der Waals surface area contributed by atoms with Crippen molar-refractivity contribution in [1.29, 1.82) is 10.5 Å². The highest BCUT2D eigenvalue weighted by Crippen LogP contribution is 2.46. The summed E-state index contributed by atoms with van der Waals surface area (Å²) < 4.78 is 49.7. The molecule has 10 aromatic rings. The van der Waals surface area contributed by atoms with E-state index >= 15 is 13.2 Å². The maximum atomic E-state index is 15.3. The highest BCUT2D eigenvalue weighted by atomic mass is 19.4. The van der Waals surface area contributed by atoms with Gasteiger partial charge in [0.25, 0.3) is 0 Å². The Morgan fingerprint density at radius 3 is 1.42 bits per heavy atom. The Hall–Kier alpha value is -8.29. The number of aromatic nitrogens is 8. The molecule has 0 saturated heterocycles. The van der Waals surface area contributed by atoms with Gasteiger partial charge >= 0.3 is 6.18 Å². The van der Waals surface area contributed by atoms with E-state index in [9.17, 15) is 10.5 Å². The topological polar surface area (TPSA) is 135 Å². The molecule has 0 aliphatic rings. The Morgan fingerprint density at radius 2 is 0.935 bits per heavy atom. The van der Waals surface area contributed by atoms with Crippen molar-refractivity contribution in [3.05, 3.63) is 155 Å². The van der Waals surface area contributed by atoms with Crippen molar-refractivity contribution >= 4 is 43.6 Å². The number of halogens is 3. The molecule has 0 N–H and O–H groups in total. The molecule has 0 saturated carbocycles. The van der Waals surface area contributed by atoms with Crippen molar-refractivity contribution in [3.8, 4) is 57.4 Å². The zero-order chi connectivity index (χ0) is 43.0. The van der Waals surface area contributed by atoms with Crippen molar-refractivity contribution in [1.82, 2.24) is 39.0 Å². The molecule has 13 heteroatoms. The highest BCUT2D eigenvalue weighted by molar-refractivity contribution is 6.12. The predicted octanol–water partition coefficient (Wildman–Crippen LogP) is 11.2. The second-order valence-electron chi connectivity index (χ2n) is 15.0. The predicted molar refractivity (Wildman–Crippen MR) is 232 cm³/mol. The number of nitriles is 2. The second kappa shape index (κ2) is 14.2. The lowest BCUT2D eigenvalue weighted by atomic mass is 9.91. The van der Waals surface area contributed by atoms with Gasteiger partial charge in [-0.1, -0.05) is 66.7 Å². The van der Waals surface area contributed by atoms with Crippen LogP contribution in [-0.4, -0.2) is 39.0 Å². The van der Waals surface area contributed by atoms with Crippen molar-refractivity contribution in [2.75, 3.05) is 0 Å². The summed E-state index contributed by atoms with van der Waals surface area (Å²) in [5.74, 6) is 3.06. The zero-order valence-corrected chi connectivity index (χ0v) is 33.6. The summed E-state index contributed by atoms with van der Waals surface area (Å²) in [6.45, 7) is 7.14. The zero-order valence-electron chi connectivity index (χ0n) is 33.6. The highest BCUT2D eigenvalue weighted by Gasteiger charge is 2.36. The van der Waals surface area contributed by atoms with Crippen molar-refractivity contribution in [2.24, 2.45) is 0 Å². The van der Waals surface area contributed by atoms with Gasteiger partial charge in [-0.15, -0.1) is 0 Å². The maximum absolute atomic E-state index is 15.3. The van der Waals surface area contributed by atoms with E-state index in [1.54, 1.807) is 39.8 Å². The molecule has 0 amide bonds. The number of rotatable bonds is 5. The number of para-hydroxylation sites is 2. The minimum Gasteiger partial charge on any atom is -0.309 e. The van der Waals surface area contributed by atoms with Gasteiger partial charge in [0.1, 0.15) is 29.4 Å². The Bertz CT molecular complexity index is 3570. The number of fused-ring (bicyclic) bond motifs is 6. The first-order valence-corrected chi connectivity index (χ1v) is 19.6. The summed E-state index contributed by atoms with van der Waals surface area (Å²) in [6.07, 6.45) is -4.85. The summed E-state index contributed by atoms with van der Waals surface area (Å²) in [5, 5.41) is 25.0. The summed E-state index contributed by atoms with van der Waals surface area (Å²) in [7, 11) is 0. The van der Waals surface area contributed by atoms with Gasteiger partial charge in [-0.2, -0.15) is 23.7 Å². The van der Waals surface area contributed by atoms with Crippen LogP contribution in [-0.2, 0) is 6.18 Å². The molecular formula is C49H31F3N10. The van der Waals surface area contributed by atoms with E-state index in [-0.39, 0.29) is 27.9 Å². The molecule has 4 aromatic heterocycles. The number of hydrogen-bond donors (Lipinski definition) is 0. The molecule has 10 nitrogen and oxygen atoms in total. The van der Waals surface area contributed by atoms with E-state index in [2.05, 4.69) is 36.0 Å². The fourth-order valence-electron chi connectivity index (χ4n) is 8.64. The van der Waals surface area contributed by atoms with Crippen LogP contribution in [0.15, 0.2) is 115 Å². The standard InChI is InChI=1S/C49H31F3N10/c1-26-55-27(2)58-47(57-26)30-16-18-36-34-11-5-7-14-40(34)61(43(36)20-30)42-23-38(46-32(24-53)10-9-13-39(46)49(50,51)52)45(22-33(42)25-54)62-41-15-8-6-12-35(41)37-19-17-31(21-44(37)62)48-59-28(3)56-29(4)60-48/h5-23H,1-4H3. The summed E-state index contributed by atoms with van der Waals surface area (Å²) >= 11 is 0. The van der Waals surface area contributed by atoms with Crippen LogP contribution < -0.4 is 0 Å². The fourth-order valence-corrected chi connectivity index (χ4v) is 8.64. The van der Waals surface area contributed by atoms with Crippen LogP contribution in [0.4, 0.5) is 13.2 Å². The molecule has 0 aliphatic carbocycles. The molecule has 0 bridgehead atoms. The molecule has 0 aliphatic heterocycles. The van der Waals surface area contributed by atoms with Gasteiger partial charge < -0.3 is 9.13 Å². The van der Waals surface area contributed by atoms with E-state index in [1.165, 1.54) is 12.1 Å². The summed E-state index contributed by atoms with van der Waals surface area (Å²) in [4.78, 5) is 27.1. The van der Waals surface area contributed by atoms with Gasteiger partial charge in [0.2, 0.25) is 0 Å². The van der Waals surface area contributed by atoms with E-state index in [4.69, 9.17) is 0 Å². The lowest BCUT2D eigenvalue weighted by Crippen LogP contribution is -2.11. The van der Waals surface area contributed by atoms with E-state index in [0.717, 1.165) is 27.6 Å². The van der Waals surface area contributed by atoms with Gasteiger partial charge in [-0.05, 0) is 76.2 Å². The van der Waals surface area contributed by atoms with Gasteiger partial charge in [-0.3, -0.25) is 0 Å². The quantitative estimate of drug-likeness (QED) is 0.168. The fraction of sp³-hybridized carbons (Fsp3) is 0.102. The molecule has 298 valence electrons. The normalized spacial score (nSPS) is 11.8. The first kappa shape index (κ1) is 37.9. The van der Waals surface area contributed by atoms with Crippen LogP contribution in [0.3, 0.4) is 0 Å². The van der Waals surface area contributed by atoms with Crippen LogP contribution in [0.2, 0.25) is 0 Å². The Kier molecular flexibility index (Phi) is 8.68. The van der Waals surface area contributed by atoms with Crippen molar-refractivity contribution in [2.45, 2.75) is 33.9 Å². The van der Waals surface area contributed by atoms with Gasteiger partial charge in [0.05, 0.1) is 56.2 Å². The summed E-state index contributed by atoms with van der Waals surface area (Å²) in [5.41, 5.74) is 3.40. The number of benzene rings is 6. The molecule has 10 rings (SSSR count). The van der Waals surface area contributed by atoms with E-state index < -0.39 is 11.7 Å². The minimum atomic E-state index is -4.85. The molecule has 0 radical (unpaired) electrons. The van der Waals surface area contributed by atoms with Gasteiger partial charge in [0.15, 0.2) is 11.6 Å². The average molecular weight is 817 g/mol. The maximum Gasteiger partial charge on any atom is 0.417 e. The summed E-state index contributed by atoms with van der Waals surface area (Å²) in [6, 6.07) is 38.0. The molecule has 6 aromatic carbocycles. The van der Waals surface area contributed by atoms with Crippen LogP contribution >= 0.6 is 0 Å². The van der Waals surface area contributed by atoms with Crippen molar-refractivity contribution in [3.63, 3.8) is 0 Å². The Balaban J connectivity index is 1.36. The van der Waals surface area contributed by atoms with E-state index in [1.807, 2.05) is 100 Å². The average Bonchev–Trinajstić information content (AvgIpc) is 3.76. The largest absolute Gasteiger partial charge is 0.417 e. The molecule has 0 unspecified atom stereocenters. The molecule has 0 fully saturated rings. The third-order valence-corrected chi connectivity index (χ3v) is 11.1. The number of hydrogen-bond acceptors (Lipinski definition) is 8. The third kappa shape index (κ3) is 6.09. The molecule has 0 atom stereocenters. The van der Waals surface area contributed by atoms with Crippen molar-refractivity contribution < 1.29 is 13.2 Å².